The van der Waals surface area contributed by atoms with E-state index in [0.29, 0.717) is 24.6 Å². The zero-order valence-corrected chi connectivity index (χ0v) is 17.3. The molecule has 0 saturated heterocycles. The largest absolute Gasteiger partial charge is 0.336 e. The van der Waals surface area contributed by atoms with E-state index in [-0.39, 0.29) is 17.8 Å². The minimum Gasteiger partial charge on any atom is -0.336 e. The molecule has 7 nitrogen and oxygen atoms in total. The highest BCUT2D eigenvalue weighted by Crippen LogP contribution is 2.30. The van der Waals surface area contributed by atoms with Gasteiger partial charge in [0.25, 0.3) is 0 Å². The second-order valence-electron chi connectivity index (χ2n) is 6.97. The number of sulfonamides is 1. The van der Waals surface area contributed by atoms with Gasteiger partial charge in [-0.05, 0) is 26.3 Å². The molecule has 146 valence electrons. The number of hydrogen-bond donors (Lipinski definition) is 2. The second kappa shape index (κ2) is 7.95. The third-order valence-corrected chi connectivity index (χ3v) is 6.96. The van der Waals surface area contributed by atoms with Gasteiger partial charge in [-0.3, -0.25) is 5.32 Å². The number of nitrogens with zero attached hydrogens (tertiary/aromatic N) is 2. The second-order valence-corrected chi connectivity index (χ2v) is 10.0. The van der Waals surface area contributed by atoms with E-state index in [1.165, 1.54) is 15.6 Å². The first kappa shape index (κ1) is 19.8. The van der Waals surface area contributed by atoms with Crippen molar-refractivity contribution in [2.45, 2.75) is 45.5 Å². The molecule has 1 aromatic carbocycles. The Hall–Kier alpha value is -1.97. The molecule has 9 heteroatoms. The standard InChI is InChI=1S/C18H24N4O3S2/c1-12(2)19-17(23)21-18-20-15-7-8-22(10-16(15)26-18)27(24,25)11-14-6-4-5-13(3)9-14/h4-6,9,12H,7-8,10-11H2,1-3H3,(H2,19,20,21,23). The molecule has 0 aliphatic carbocycles. The van der Waals surface area contributed by atoms with Gasteiger partial charge in [0.2, 0.25) is 10.0 Å². The van der Waals surface area contributed by atoms with Crippen LogP contribution in [0.4, 0.5) is 9.93 Å². The van der Waals surface area contributed by atoms with Gasteiger partial charge in [0.15, 0.2) is 5.13 Å². The number of amides is 2. The molecule has 2 heterocycles. The summed E-state index contributed by atoms with van der Waals surface area (Å²) in [7, 11) is -3.41. The Bertz CT molecular complexity index is 938. The van der Waals surface area contributed by atoms with Crippen molar-refractivity contribution >= 4 is 32.5 Å². The fourth-order valence-electron chi connectivity index (χ4n) is 2.96. The minimum absolute atomic E-state index is 0.00921. The highest BCUT2D eigenvalue weighted by Gasteiger charge is 2.29. The Morgan fingerprint density at radius 3 is 2.85 bits per heavy atom. The van der Waals surface area contributed by atoms with Crippen LogP contribution < -0.4 is 10.6 Å². The number of fused-ring (bicyclic) bond motifs is 1. The number of benzene rings is 1. The molecule has 0 bridgehead atoms. The van der Waals surface area contributed by atoms with Crippen LogP contribution in [0.5, 0.6) is 0 Å². The lowest BCUT2D eigenvalue weighted by Gasteiger charge is -2.25. The highest BCUT2D eigenvalue weighted by atomic mass is 32.2. The van der Waals surface area contributed by atoms with Crippen molar-refractivity contribution in [2.24, 2.45) is 0 Å². The van der Waals surface area contributed by atoms with Gasteiger partial charge >= 0.3 is 6.03 Å². The van der Waals surface area contributed by atoms with Crippen LogP contribution in [0, 0.1) is 6.92 Å². The van der Waals surface area contributed by atoms with Gasteiger partial charge in [0, 0.05) is 30.4 Å². The number of aryl methyl sites for hydroxylation is 1. The summed E-state index contributed by atoms with van der Waals surface area (Å²) in [5.41, 5.74) is 2.70. The third kappa shape index (κ3) is 5.06. The molecule has 1 aromatic heterocycles. The van der Waals surface area contributed by atoms with Gasteiger partial charge in [-0.25, -0.2) is 18.2 Å². The average Bonchev–Trinajstić information content (AvgIpc) is 2.94. The van der Waals surface area contributed by atoms with E-state index in [1.54, 1.807) is 0 Å². The number of hydrogen-bond acceptors (Lipinski definition) is 5. The molecule has 1 aliphatic rings. The Morgan fingerprint density at radius 2 is 2.15 bits per heavy atom. The molecule has 2 N–H and O–H groups in total. The predicted octanol–water partition coefficient (Wildman–Crippen LogP) is 2.87. The van der Waals surface area contributed by atoms with Gasteiger partial charge in [-0.2, -0.15) is 4.31 Å². The van der Waals surface area contributed by atoms with E-state index in [1.807, 2.05) is 45.0 Å². The van der Waals surface area contributed by atoms with Crippen LogP contribution in [0.15, 0.2) is 24.3 Å². The summed E-state index contributed by atoms with van der Waals surface area (Å²) in [4.78, 5) is 17.1. The van der Waals surface area contributed by atoms with Crippen molar-refractivity contribution < 1.29 is 13.2 Å². The quantitative estimate of drug-likeness (QED) is 0.796. The molecule has 0 radical (unpaired) electrons. The number of thiazole rings is 1. The molecule has 3 rings (SSSR count). The monoisotopic (exact) mass is 408 g/mol. The van der Waals surface area contributed by atoms with E-state index in [9.17, 15) is 13.2 Å². The molecule has 1 aliphatic heterocycles. The Kier molecular flexibility index (Phi) is 5.83. The Balaban J connectivity index is 1.69. The number of aromatic nitrogens is 1. The summed E-state index contributed by atoms with van der Waals surface area (Å²) < 4.78 is 27.1. The normalized spacial score (nSPS) is 14.8. The van der Waals surface area contributed by atoms with Crippen molar-refractivity contribution in [3.05, 3.63) is 46.0 Å². The Morgan fingerprint density at radius 1 is 1.37 bits per heavy atom. The van der Waals surface area contributed by atoms with E-state index in [0.717, 1.165) is 21.7 Å². The number of carbonyl (C=O) groups excluding carboxylic acids is 1. The zero-order chi connectivity index (χ0) is 19.6. The molecule has 0 unspecified atom stereocenters. The van der Waals surface area contributed by atoms with Gasteiger partial charge in [0.1, 0.15) is 0 Å². The van der Waals surface area contributed by atoms with E-state index < -0.39 is 10.0 Å². The topological polar surface area (TPSA) is 91.4 Å². The number of urea groups is 1. The summed E-state index contributed by atoms with van der Waals surface area (Å²) in [5.74, 6) is -0.00921. The molecule has 0 atom stereocenters. The highest BCUT2D eigenvalue weighted by molar-refractivity contribution is 7.88. The maximum absolute atomic E-state index is 12.8. The fraction of sp³-hybridized carbons (Fsp3) is 0.444. The molecule has 2 aromatic rings. The van der Waals surface area contributed by atoms with Crippen LogP contribution in [0.1, 0.15) is 35.5 Å². The van der Waals surface area contributed by atoms with Crippen LogP contribution in [0.25, 0.3) is 0 Å². The maximum Gasteiger partial charge on any atom is 0.321 e. The van der Waals surface area contributed by atoms with Crippen LogP contribution in [0.3, 0.4) is 0 Å². The average molecular weight is 409 g/mol. The minimum atomic E-state index is -3.41. The molecular weight excluding hydrogens is 384 g/mol. The van der Waals surface area contributed by atoms with Crippen LogP contribution in [-0.2, 0) is 28.7 Å². The molecule has 0 fully saturated rings. The zero-order valence-electron chi connectivity index (χ0n) is 15.7. The van der Waals surface area contributed by atoms with Gasteiger partial charge in [-0.1, -0.05) is 41.2 Å². The third-order valence-electron chi connectivity index (χ3n) is 4.16. The molecule has 27 heavy (non-hydrogen) atoms. The van der Waals surface area contributed by atoms with E-state index >= 15 is 0 Å². The lowest BCUT2D eigenvalue weighted by molar-refractivity contribution is 0.250. The summed E-state index contributed by atoms with van der Waals surface area (Å²) in [6.07, 6.45) is 0.548. The van der Waals surface area contributed by atoms with Gasteiger partial charge in [0.05, 0.1) is 11.4 Å². The number of rotatable bonds is 5. The van der Waals surface area contributed by atoms with Gasteiger partial charge in [-0.15, -0.1) is 0 Å². The smallest absolute Gasteiger partial charge is 0.321 e. The predicted molar refractivity (Wildman–Crippen MR) is 107 cm³/mol. The van der Waals surface area contributed by atoms with Gasteiger partial charge < -0.3 is 5.32 Å². The molecule has 0 saturated carbocycles. The summed E-state index contributed by atoms with van der Waals surface area (Å²) in [5, 5.41) is 5.96. The van der Waals surface area contributed by atoms with Crippen molar-refractivity contribution in [2.75, 3.05) is 11.9 Å². The van der Waals surface area contributed by atoms with Crippen LogP contribution in [-0.4, -0.2) is 36.3 Å². The lowest BCUT2D eigenvalue weighted by atomic mass is 10.2. The first-order valence-corrected chi connectivity index (χ1v) is 11.2. The van der Waals surface area contributed by atoms with E-state index in [2.05, 4.69) is 15.6 Å². The summed E-state index contributed by atoms with van der Waals surface area (Å²) in [6, 6.07) is 7.28. The molecule has 2 amide bonds. The van der Waals surface area contributed by atoms with E-state index in [4.69, 9.17) is 0 Å². The number of carbonyl (C=O) groups is 1. The van der Waals surface area contributed by atoms with Crippen molar-refractivity contribution in [3.63, 3.8) is 0 Å². The van der Waals surface area contributed by atoms with Crippen molar-refractivity contribution in [3.8, 4) is 0 Å². The SMILES string of the molecule is Cc1cccc(CS(=O)(=O)N2CCc3nc(NC(=O)NC(C)C)sc3C2)c1. The summed E-state index contributed by atoms with van der Waals surface area (Å²) >= 11 is 1.33. The lowest BCUT2D eigenvalue weighted by Crippen LogP contribution is -2.36. The first-order valence-electron chi connectivity index (χ1n) is 8.82. The first-order chi connectivity index (χ1) is 12.7. The van der Waals surface area contributed by atoms with Crippen molar-refractivity contribution in [1.29, 1.82) is 0 Å². The molecular formula is C18H24N4O3S2. The number of nitrogens with one attached hydrogen (secondary N) is 2. The fourth-order valence-corrected chi connectivity index (χ4v) is 5.54. The van der Waals surface area contributed by atoms with Crippen LogP contribution >= 0.6 is 11.3 Å². The van der Waals surface area contributed by atoms with Crippen LogP contribution in [0.2, 0.25) is 0 Å². The molecule has 0 spiro atoms. The van der Waals surface area contributed by atoms with Crippen molar-refractivity contribution in [1.82, 2.24) is 14.6 Å². The maximum atomic E-state index is 12.8. The number of anilines is 1. The summed E-state index contributed by atoms with van der Waals surface area (Å²) in [6.45, 7) is 6.41. The Labute approximate surface area is 163 Å².